The van der Waals surface area contributed by atoms with E-state index in [9.17, 15) is 105 Å². The smallest absolute Gasteiger partial charge is 1.00 e. The monoisotopic (exact) mass is 2270 g/mol. The molecule has 2 aliphatic heterocycles. The van der Waals surface area contributed by atoms with Gasteiger partial charge in [0, 0.05) is 36.9 Å². The second kappa shape index (κ2) is 70.2. The predicted octanol–water partition coefficient (Wildman–Crippen LogP) is 10.0. The Morgan fingerprint density at radius 3 is 0.925 bits per heavy atom. The van der Waals surface area contributed by atoms with E-state index >= 15 is 0 Å². The van der Waals surface area contributed by atoms with Gasteiger partial charge in [-0.15, -0.1) is 12.4 Å². The summed E-state index contributed by atoms with van der Waals surface area (Å²) in [5.41, 5.74) is 0.621. The molecule has 5 aromatic carbocycles. The van der Waals surface area contributed by atoms with Gasteiger partial charge in [0.05, 0.1) is 83.1 Å². The third kappa shape index (κ3) is 55.2. The average Bonchev–Trinajstić information content (AvgIpc) is 0.778. The first-order chi connectivity index (χ1) is 65.0. The number of carbonyl (C=O) groups is 7. The Hall–Kier alpha value is -8.02. The van der Waals surface area contributed by atoms with Crippen molar-refractivity contribution < 1.29 is 272 Å². The molecule has 2 heterocycles. The number of aliphatic hydroxyl groups is 2. The molecule has 3 radical (unpaired) electrons. The number of rotatable bonds is 22. The number of benzene rings is 5. The zero-order chi connectivity index (χ0) is 109. The number of alkyl halides is 16. The summed E-state index contributed by atoms with van der Waals surface area (Å²) in [5, 5.41) is 33.3. The maximum atomic E-state index is 12.8. The second-order valence-electron chi connectivity index (χ2n) is 34.0. The van der Waals surface area contributed by atoms with Gasteiger partial charge in [-0.2, -0.15) is 65.9 Å². The molecule has 0 aromatic heterocycles. The van der Waals surface area contributed by atoms with Crippen LogP contribution in [-0.2, 0) is 121 Å². The van der Waals surface area contributed by atoms with Crippen LogP contribution in [0, 0.1) is 11.8 Å². The molecule has 7 rings (SSSR count). The molecule has 6 N–H and O–H groups in total. The number of nitrogens with zero attached hydrogens (tertiary/aromatic N) is 4. The standard InChI is InChI=1S/C18H23F3N2O3.C17H21F3N2O3.C17H22F3NO5.C16H22F3NO4.C12H14F3NO3.C10H18O5.CH3I.CH2O3.CH4.B.ClH.Li.2Na.2H/c1-10(2)13-16(25-4)23-14(17(22-13)26-5)15(24-3)11-6-8-12(9-7-11)18(19,20)21;1-9(2)12-15(24-3)22-13(16(21-12)25-4)14(23)10-5-7-11(8-6-10)17(18,19)20;1-16(2,3)26-15(23)21-12(14(22)25-5)13(24-4)10-6-8-11(9-7-10)17(18,19)20;1-15(2,3)24-14(22)20-12(9-21)13(23-4)10-5-7-11(8-6-10)16(17,18)19;1-18-10(9(16)11(17)19-2)7-3-5-8(6-4-7)12(13,14)15;1-9(2,3)14-7(11)13-8(12)15-10(4,5)6;1-2;2-1-4-3;;;;;;;;/h6-10,13-15H,1-5H3;5-9,12-14,23H,1-4H3;6-9,12-13H,1-5H3,(H,21,23);5-8,12-13,21H,9H2,1-4H3,(H,20,22);3-6,9-10H,16H2,1-2H3;1-6H3;1H3;1,3H;1H4;;1H;;;;;/q;;;;;;;;;;;3*+1;2*-1/p-1/t13-,14+,15+;12-,13+,14+;2*12?,13-;9-,10-;;;;;;;;;;;/m11000.........../s1. The Bertz CT molecular complexity index is 4770. The Balaban J connectivity index is -0.000000222. The molecule has 0 spiro atoms. The number of nitrogens with one attached hydrogen (secondary N) is 2. The quantitative estimate of drug-likeness (QED) is 0.00411. The van der Waals surface area contributed by atoms with Gasteiger partial charge in [0.1, 0.15) is 71.0 Å². The molecule has 0 aliphatic carbocycles. The molecule has 147 heavy (non-hydrogen) atoms. The number of amides is 2. The second-order valence-corrected chi connectivity index (χ2v) is 34.0. The molecule has 5 aromatic rings. The van der Waals surface area contributed by atoms with Crippen LogP contribution in [0.2, 0.25) is 0 Å². The summed E-state index contributed by atoms with van der Waals surface area (Å²) >= 11 is 2.15. The maximum absolute atomic E-state index is 12.8. The van der Waals surface area contributed by atoms with E-state index in [1.807, 2.05) is 32.6 Å². The summed E-state index contributed by atoms with van der Waals surface area (Å²) in [7, 11) is 13.5. The average molecular weight is 2270 g/mol. The first-order valence-corrected chi connectivity index (χ1v) is 44.0. The third-order valence-electron chi connectivity index (χ3n) is 18.1. The van der Waals surface area contributed by atoms with Crippen LogP contribution in [-0.4, -0.2) is 232 Å². The summed E-state index contributed by atoms with van der Waals surface area (Å²) < 4.78 is 265. The zero-order valence-electron chi connectivity index (χ0n) is 88.5. The number of ether oxygens (including phenoxy) is 15. The number of nitrogens with two attached hydrogens (primary N) is 1. The van der Waals surface area contributed by atoms with Gasteiger partial charge in [-0.05, 0) is 188 Å². The summed E-state index contributed by atoms with van der Waals surface area (Å²) in [6.45, 7) is 27.2. The summed E-state index contributed by atoms with van der Waals surface area (Å²) in [6, 6.07) is 16.3. The van der Waals surface area contributed by atoms with E-state index in [4.69, 9.17) is 72.6 Å². The van der Waals surface area contributed by atoms with Gasteiger partial charge in [-0.1, -0.05) is 118 Å². The molecule has 0 fully saturated rings. The topological polar surface area (TPSA) is 430 Å². The molecule has 12 atom stereocenters. The Morgan fingerprint density at radius 2 is 0.673 bits per heavy atom. The number of alkyl carbamates (subject to hydrolysis) is 2. The molecule has 0 saturated carbocycles. The molecule has 2 amide bonds. The number of halogens is 17. The Labute approximate surface area is 926 Å². The van der Waals surface area contributed by atoms with Crippen LogP contribution in [0.15, 0.2) is 141 Å². The van der Waals surface area contributed by atoms with Crippen LogP contribution < -0.4 is 99.6 Å². The van der Waals surface area contributed by atoms with E-state index in [2.05, 4.69) is 72.3 Å². The summed E-state index contributed by atoms with van der Waals surface area (Å²) in [5.74, 6) is 0.0869. The van der Waals surface area contributed by atoms with E-state index in [1.54, 1.807) is 83.1 Å². The Morgan fingerprint density at radius 1 is 0.422 bits per heavy atom. The number of aliphatic imine (C=N–C) groups is 4. The Kier molecular flexibility index (Phi) is 72.6. The van der Waals surface area contributed by atoms with Gasteiger partial charge in [0.15, 0.2) is 18.1 Å². The molecule has 2 unspecified atom stereocenters. The fourth-order valence-corrected chi connectivity index (χ4v) is 11.8. The van der Waals surface area contributed by atoms with Gasteiger partial charge in [0.25, 0.3) is 6.47 Å². The van der Waals surface area contributed by atoms with Crippen molar-refractivity contribution in [3.05, 3.63) is 177 Å². The van der Waals surface area contributed by atoms with Gasteiger partial charge < -0.3 is 111 Å². The van der Waals surface area contributed by atoms with Crippen LogP contribution in [0.3, 0.4) is 0 Å². The van der Waals surface area contributed by atoms with Gasteiger partial charge in [-0.25, -0.2) is 43.9 Å². The largest absolute Gasteiger partial charge is 1.00 e. The van der Waals surface area contributed by atoms with Crippen molar-refractivity contribution in [2.24, 2.45) is 37.5 Å². The number of hydrogen-bond donors (Lipinski definition) is 5. The van der Waals surface area contributed by atoms with E-state index in [-0.39, 0.29) is 156 Å². The molecule has 0 saturated heterocycles. The van der Waals surface area contributed by atoms with Crippen LogP contribution >= 0.6 is 35.0 Å². The molecule has 33 nitrogen and oxygen atoms in total. The van der Waals surface area contributed by atoms with Gasteiger partial charge in [-0.3, -0.25) is 9.59 Å². The third-order valence-corrected chi connectivity index (χ3v) is 18.1. The molecule has 819 valence electrons. The number of hydrogen-bond acceptors (Lipinski definition) is 31. The first kappa shape index (κ1) is 152. The van der Waals surface area contributed by atoms with Crippen molar-refractivity contribution in [1.82, 2.24) is 10.6 Å². The van der Waals surface area contributed by atoms with Crippen LogP contribution in [0.5, 0.6) is 0 Å². The van der Waals surface area contributed by atoms with Crippen molar-refractivity contribution in [3.8, 4) is 0 Å². The number of carbonyl (C=O) groups excluding carboxylic acids is 7. The van der Waals surface area contributed by atoms with E-state index < -0.39 is 185 Å². The zero-order valence-corrected chi connectivity index (χ0v) is 93.5. The fraction of sp³-hybridized carbons (Fsp3) is 0.559. The first-order valence-electron chi connectivity index (χ1n) is 41.9. The molecular weight excluding hydrogens is 2140 g/mol. The molecule has 2 aliphatic rings. The van der Waals surface area contributed by atoms with Crippen molar-refractivity contribution >= 4 is 110 Å². The minimum Gasteiger partial charge on any atom is -1.00 e. The van der Waals surface area contributed by atoms with Crippen molar-refractivity contribution in [2.75, 3.05) is 82.6 Å². The van der Waals surface area contributed by atoms with E-state index in [0.29, 0.717) is 34.4 Å². The summed E-state index contributed by atoms with van der Waals surface area (Å²) in [6.07, 6.45) is -30.6. The summed E-state index contributed by atoms with van der Waals surface area (Å²) in [4.78, 5) is 100. The van der Waals surface area contributed by atoms with Crippen LogP contribution in [0.1, 0.15) is 207 Å². The molecular formula is C93H131BClF15ILiN7Na2O26. The number of aliphatic hydroxyl groups excluding tert-OH is 2. The number of esters is 2. The molecule has 0 bridgehead atoms. The maximum Gasteiger partial charge on any atom is 1.00 e. The molecule has 54 heteroatoms. The van der Waals surface area contributed by atoms with E-state index in [0.717, 1.165) is 67.8 Å². The van der Waals surface area contributed by atoms with Crippen LogP contribution in [0.25, 0.3) is 0 Å². The minimum atomic E-state index is -4.49. The number of methoxy groups -OCH3 is 10. The van der Waals surface area contributed by atoms with Crippen molar-refractivity contribution in [2.45, 2.75) is 244 Å². The SMILES string of the molecule is C.CC(C)(C)OC(=O)OC(=O)OC(C)(C)C.CI.COC(=O)C(NC(=O)OC(C)(C)C)[C@@H](OC)c1ccc(C(F)(F)F)cc1.COC(=O)[C@@H](N)[C@@H](OC)c1ccc(C(F)(F)F)cc1.COC1=N[C@H](C(C)C)C(OC)=N[C@H]1[C@@H](O)c1ccc(C(F)(F)F)cc1.COC1=N[C@H](C(C)C)C(OC)=N[C@H]1[C@@H](OC)c1ccc(C(F)(F)F)cc1.CO[C@@H](c1ccc(C(F)(F)F)cc1)C(CO)NC(=O)OC(C)(C)C.Cl.O=CO[O-].[B].[H-].[H-].[Li+].[Na+].[Na+]. The fourth-order valence-electron chi connectivity index (χ4n) is 11.8. The van der Waals surface area contributed by atoms with E-state index in [1.165, 1.54) is 125 Å². The van der Waals surface area contributed by atoms with Crippen molar-refractivity contribution in [1.29, 1.82) is 0 Å². The van der Waals surface area contributed by atoms with Gasteiger partial charge >= 0.3 is 145 Å². The van der Waals surface area contributed by atoms with Gasteiger partial charge in [0.2, 0.25) is 23.6 Å². The van der Waals surface area contributed by atoms with Crippen molar-refractivity contribution in [3.63, 3.8) is 0 Å². The normalized spacial score (nSPS) is 15.9. The van der Waals surface area contributed by atoms with Crippen LogP contribution in [0.4, 0.5) is 85.0 Å². The predicted molar refractivity (Wildman–Crippen MR) is 512 cm³/mol. The minimum absolute atomic E-state index is 0.